The molecular weight excluding hydrogens is 336 g/mol. The van der Waals surface area contributed by atoms with Crippen molar-refractivity contribution in [1.29, 1.82) is 0 Å². The number of benzene rings is 2. The van der Waals surface area contributed by atoms with Gasteiger partial charge in [-0.3, -0.25) is 4.79 Å². The normalized spacial score (nSPS) is 15.1. The quantitative estimate of drug-likeness (QED) is 0.807. The molecular formula is C20H24F2N3O+. The number of hydrogen-bond acceptors (Lipinski definition) is 2. The van der Waals surface area contributed by atoms with Crippen LogP contribution in [0.15, 0.2) is 48.5 Å². The van der Waals surface area contributed by atoms with E-state index in [1.165, 1.54) is 29.2 Å². The number of anilines is 1. The number of amides is 1. The van der Waals surface area contributed by atoms with Crippen molar-refractivity contribution < 1.29 is 18.5 Å². The molecule has 1 fully saturated rings. The second-order valence-electron chi connectivity index (χ2n) is 6.62. The van der Waals surface area contributed by atoms with Crippen molar-refractivity contribution in [1.82, 2.24) is 5.32 Å². The molecule has 1 heterocycles. The molecule has 0 unspecified atom stereocenters. The van der Waals surface area contributed by atoms with Gasteiger partial charge in [-0.25, -0.2) is 8.78 Å². The Morgan fingerprint density at radius 3 is 2.15 bits per heavy atom. The summed E-state index contributed by atoms with van der Waals surface area (Å²) in [5, 5.41) is 2.93. The Balaban J connectivity index is 1.36. The van der Waals surface area contributed by atoms with E-state index in [4.69, 9.17) is 0 Å². The van der Waals surface area contributed by atoms with Gasteiger partial charge in [0.25, 0.3) is 5.91 Å². The van der Waals surface area contributed by atoms with Crippen molar-refractivity contribution in [3.8, 4) is 0 Å². The van der Waals surface area contributed by atoms with E-state index in [1.807, 2.05) is 0 Å². The minimum atomic E-state index is -0.249. The van der Waals surface area contributed by atoms with Crippen LogP contribution in [0.1, 0.15) is 5.56 Å². The molecule has 26 heavy (non-hydrogen) atoms. The third kappa shape index (κ3) is 5.26. The maximum atomic E-state index is 13.0. The van der Waals surface area contributed by atoms with Crippen molar-refractivity contribution in [2.45, 2.75) is 6.42 Å². The summed E-state index contributed by atoms with van der Waals surface area (Å²) >= 11 is 0. The lowest BCUT2D eigenvalue weighted by molar-refractivity contribution is -0.892. The summed E-state index contributed by atoms with van der Waals surface area (Å²) in [6.07, 6.45) is 0.694. The molecule has 0 saturated carbocycles. The molecule has 138 valence electrons. The van der Waals surface area contributed by atoms with Crippen LogP contribution in [0.2, 0.25) is 0 Å². The van der Waals surface area contributed by atoms with Gasteiger partial charge < -0.3 is 15.1 Å². The highest BCUT2D eigenvalue weighted by molar-refractivity contribution is 5.76. The van der Waals surface area contributed by atoms with Crippen molar-refractivity contribution in [2.75, 3.05) is 44.2 Å². The monoisotopic (exact) mass is 360 g/mol. The molecule has 1 aliphatic heterocycles. The smallest absolute Gasteiger partial charge is 0.275 e. The van der Waals surface area contributed by atoms with E-state index in [0.717, 1.165) is 37.4 Å². The van der Waals surface area contributed by atoms with Crippen molar-refractivity contribution in [2.24, 2.45) is 0 Å². The van der Waals surface area contributed by atoms with Crippen LogP contribution in [-0.2, 0) is 11.2 Å². The number of rotatable bonds is 6. The van der Waals surface area contributed by atoms with Crippen LogP contribution in [0.3, 0.4) is 0 Å². The fourth-order valence-electron chi connectivity index (χ4n) is 3.20. The number of nitrogens with one attached hydrogen (secondary N) is 2. The molecule has 0 radical (unpaired) electrons. The third-order valence-corrected chi connectivity index (χ3v) is 4.72. The third-order valence-electron chi connectivity index (χ3n) is 4.72. The van der Waals surface area contributed by atoms with Crippen LogP contribution in [0, 0.1) is 11.6 Å². The highest BCUT2D eigenvalue weighted by atomic mass is 19.1. The van der Waals surface area contributed by atoms with Gasteiger partial charge in [0.1, 0.15) is 11.6 Å². The number of carbonyl (C=O) groups excluding carboxylic acids is 1. The van der Waals surface area contributed by atoms with Crippen molar-refractivity contribution in [3.05, 3.63) is 65.7 Å². The topological polar surface area (TPSA) is 36.8 Å². The van der Waals surface area contributed by atoms with Crippen molar-refractivity contribution >= 4 is 11.6 Å². The van der Waals surface area contributed by atoms with Crippen LogP contribution in [-0.4, -0.2) is 45.2 Å². The lowest BCUT2D eigenvalue weighted by Crippen LogP contribution is -3.16. The Bertz CT molecular complexity index is 711. The van der Waals surface area contributed by atoms with E-state index in [-0.39, 0.29) is 17.5 Å². The lowest BCUT2D eigenvalue weighted by atomic mass is 10.1. The van der Waals surface area contributed by atoms with Gasteiger partial charge in [-0.05, 0) is 48.4 Å². The predicted octanol–water partition coefficient (Wildman–Crippen LogP) is 1.03. The van der Waals surface area contributed by atoms with Crippen LogP contribution in [0.4, 0.5) is 14.5 Å². The number of nitrogens with zero attached hydrogens (tertiary/aromatic N) is 1. The maximum Gasteiger partial charge on any atom is 0.275 e. The van der Waals surface area contributed by atoms with Gasteiger partial charge in [-0.15, -0.1) is 0 Å². The molecule has 4 nitrogen and oxygen atoms in total. The lowest BCUT2D eigenvalue weighted by Gasteiger charge is -2.33. The zero-order chi connectivity index (χ0) is 18.4. The summed E-state index contributed by atoms with van der Waals surface area (Å²) < 4.78 is 25.9. The number of halogens is 2. The summed E-state index contributed by atoms with van der Waals surface area (Å²) in [5.74, 6) is -0.436. The van der Waals surface area contributed by atoms with Crippen LogP contribution >= 0.6 is 0 Å². The molecule has 0 aromatic heterocycles. The molecule has 0 spiro atoms. The van der Waals surface area contributed by atoms with Crippen LogP contribution in [0.25, 0.3) is 0 Å². The molecule has 0 aliphatic carbocycles. The number of piperazine rings is 1. The second kappa shape index (κ2) is 8.76. The van der Waals surface area contributed by atoms with Gasteiger partial charge in [-0.1, -0.05) is 12.1 Å². The zero-order valence-electron chi connectivity index (χ0n) is 14.7. The molecule has 0 atom stereocenters. The van der Waals surface area contributed by atoms with E-state index < -0.39 is 0 Å². The molecule has 2 N–H and O–H groups in total. The summed E-state index contributed by atoms with van der Waals surface area (Å²) in [7, 11) is 0. The molecule has 0 bridgehead atoms. The highest BCUT2D eigenvalue weighted by Gasteiger charge is 2.22. The summed E-state index contributed by atoms with van der Waals surface area (Å²) in [6, 6.07) is 12.9. The molecule has 2 aromatic rings. The maximum absolute atomic E-state index is 13.0. The molecule has 3 rings (SSSR count). The Morgan fingerprint density at radius 1 is 0.962 bits per heavy atom. The Kier molecular flexibility index (Phi) is 6.17. The zero-order valence-corrected chi connectivity index (χ0v) is 14.7. The predicted molar refractivity (Wildman–Crippen MR) is 97.3 cm³/mol. The molecule has 2 aromatic carbocycles. The minimum Gasteiger partial charge on any atom is -0.360 e. The van der Waals surface area contributed by atoms with Gasteiger partial charge in [0.2, 0.25) is 0 Å². The molecule has 1 aliphatic rings. The Morgan fingerprint density at radius 2 is 1.54 bits per heavy atom. The van der Waals surface area contributed by atoms with Gasteiger partial charge in [0, 0.05) is 12.2 Å². The molecule has 6 heteroatoms. The number of hydrogen-bond donors (Lipinski definition) is 2. The fourth-order valence-corrected chi connectivity index (χ4v) is 3.20. The standard InChI is InChI=1S/C20H23F2N3O/c21-17-3-1-16(2-4-17)9-10-23-20(26)15-24-11-13-25(14-12-24)19-7-5-18(22)6-8-19/h1-8H,9-15H2,(H,23,26)/p+1. The van der Waals surface area contributed by atoms with E-state index in [9.17, 15) is 13.6 Å². The first-order valence-corrected chi connectivity index (χ1v) is 8.95. The van der Waals surface area contributed by atoms with Gasteiger partial charge in [0.15, 0.2) is 6.54 Å². The minimum absolute atomic E-state index is 0.0392. The van der Waals surface area contributed by atoms with Gasteiger partial charge in [0.05, 0.1) is 26.2 Å². The van der Waals surface area contributed by atoms with E-state index in [0.29, 0.717) is 19.5 Å². The number of carbonyl (C=O) groups is 1. The van der Waals surface area contributed by atoms with Gasteiger partial charge >= 0.3 is 0 Å². The van der Waals surface area contributed by atoms with Crippen LogP contribution < -0.4 is 15.1 Å². The van der Waals surface area contributed by atoms with E-state index in [1.54, 1.807) is 24.3 Å². The average molecular weight is 360 g/mol. The van der Waals surface area contributed by atoms with Crippen molar-refractivity contribution in [3.63, 3.8) is 0 Å². The summed E-state index contributed by atoms with van der Waals surface area (Å²) in [5.41, 5.74) is 2.03. The largest absolute Gasteiger partial charge is 0.360 e. The van der Waals surface area contributed by atoms with E-state index >= 15 is 0 Å². The van der Waals surface area contributed by atoms with Gasteiger partial charge in [-0.2, -0.15) is 0 Å². The molecule has 1 amide bonds. The average Bonchev–Trinajstić information content (AvgIpc) is 2.65. The molecule has 1 saturated heterocycles. The first-order chi connectivity index (χ1) is 12.6. The number of quaternary nitrogens is 1. The van der Waals surface area contributed by atoms with Crippen LogP contribution in [0.5, 0.6) is 0 Å². The fraction of sp³-hybridized carbons (Fsp3) is 0.350. The first-order valence-electron chi connectivity index (χ1n) is 8.95. The summed E-state index contributed by atoms with van der Waals surface area (Å²) in [6.45, 7) is 4.47. The Hall–Kier alpha value is -2.47. The Labute approximate surface area is 152 Å². The van der Waals surface area contributed by atoms with E-state index in [2.05, 4.69) is 10.2 Å². The SMILES string of the molecule is O=C(C[NH+]1CCN(c2ccc(F)cc2)CC1)NCCc1ccc(F)cc1. The highest BCUT2D eigenvalue weighted by Crippen LogP contribution is 2.14. The first kappa shape index (κ1) is 18.3. The second-order valence-corrected chi connectivity index (χ2v) is 6.62. The summed E-state index contributed by atoms with van der Waals surface area (Å²) in [4.78, 5) is 15.6.